The minimum atomic E-state index is -1.17. The summed E-state index contributed by atoms with van der Waals surface area (Å²) in [6.45, 7) is 8.20. The average Bonchev–Trinajstić information content (AvgIpc) is 2.49. The molecule has 0 aliphatic rings. The molecule has 1 unspecified atom stereocenters. The van der Waals surface area contributed by atoms with Gasteiger partial charge < -0.3 is 25.4 Å². The Kier molecular flexibility index (Phi) is 15.2. The van der Waals surface area contributed by atoms with Crippen LogP contribution in [0.5, 0.6) is 0 Å². The standard InChI is InChI=1S/C14H30FN3O3S/c1-12(2)17-6-9-20-7-4-16-5-8-21-11-13(15)10-18-14(19)22-3/h12-13,16-17H,4-11H2,1-3H3,(H,18,19). The molecule has 8 heteroatoms. The molecule has 0 aromatic rings. The predicted octanol–water partition coefficient (Wildman–Crippen LogP) is 1.02. The molecule has 0 spiro atoms. The lowest BCUT2D eigenvalue weighted by Gasteiger charge is -2.11. The first kappa shape index (κ1) is 21.6. The summed E-state index contributed by atoms with van der Waals surface area (Å²) in [6.07, 6.45) is 0.475. The molecule has 0 saturated heterocycles. The summed E-state index contributed by atoms with van der Waals surface area (Å²) in [6, 6.07) is 0.479. The van der Waals surface area contributed by atoms with Gasteiger partial charge in [0.2, 0.25) is 0 Å². The Hall–Kier alpha value is -0.410. The summed E-state index contributed by atoms with van der Waals surface area (Å²) in [5.41, 5.74) is 0. The Balaban J connectivity index is 3.18. The third kappa shape index (κ3) is 16.0. The molecule has 0 radical (unpaired) electrons. The van der Waals surface area contributed by atoms with Gasteiger partial charge in [0.05, 0.1) is 33.0 Å². The number of rotatable bonds is 14. The van der Waals surface area contributed by atoms with Crippen LogP contribution in [0, 0.1) is 0 Å². The average molecular weight is 339 g/mol. The van der Waals surface area contributed by atoms with E-state index < -0.39 is 6.17 Å². The molecule has 0 aliphatic carbocycles. The van der Waals surface area contributed by atoms with E-state index in [1.54, 1.807) is 6.26 Å². The number of amides is 1. The topological polar surface area (TPSA) is 71.6 Å². The molecule has 0 rings (SSSR count). The number of nitrogens with one attached hydrogen (secondary N) is 3. The molecule has 1 amide bonds. The van der Waals surface area contributed by atoms with Crippen molar-refractivity contribution in [1.29, 1.82) is 0 Å². The first-order chi connectivity index (χ1) is 10.6. The Morgan fingerprint density at radius 3 is 2.41 bits per heavy atom. The fraction of sp³-hybridized carbons (Fsp3) is 0.929. The van der Waals surface area contributed by atoms with Crippen molar-refractivity contribution < 1.29 is 18.7 Å². The van der Waals surface area contributed by atoms with Crippen LogP contribution in [0.15, 0.2) is 0 Å². The quantitative estimate of drug-likeness (QED) is 0.411. The number of hydrogen-bond donors (Lipinski definition) is 3. The van der Waals surface area contributed by atoms with E-state index in [4.69, 9.17) is 9.47 Å². The lowest BCUT2D eigenvalue weighted by Crippen LogP contribution is -2.31. The third-order valence-corrected chi connectivity index (χ3v) is 3.11. The van der Waals surface area contributed by atoms with E-state index in [1.807, 2.05) is 0 Å². The largest absolute Gasteiger partial charge is 0.379 e. The molecule has 6 nitrogen and oxygen atoms in total. The van der Waals surface area contributed by atoms with Crippen molar-refractivity contribution in [2.45, 2.75) is 26.1 Å². The van der Waals surface area contributed by atoms with Gasteiger partial charge in [-0.25, -0.2) is 4.39 Å². The summed E-state index contributed by atoms with van der Waals surface area (Å²) in [4.78, 5) is 10.9. The van der Waals surface area contributed by atoms with Crippen LogP contribution in [0.4, 0.5) is 9.18 Å². The zero-order chi connectivity index (χ0) is 16.6. The normalized spacial score (nSPS) is 12.6. The van der Waals surface area contributed by atoms with Crippen LogP contribution >= 0.6 is 11.8 Å². The molecule has 22 heavy (non-hydrogen) atoms. The molecule has 0 aromatic carbocycles. The van der Waals surface area contributed by atoms with Crippen molar-refractivity contribution in [3.8, 4) is 0 Å². The van der Waals surface area contributed by atoms with Gasteiger partial charge in [-0.3, -0.25) is 4.79 Å². The third-order valence-electron chi connectivity index (χ3n) is 2.60. The Morgan fingerprint density at radius 2 is 1.77 bits per heavy atom. The monoisotopic (exact) mass is 339 g/mol. The molecule has 1 atom stereocenters. The van der Waals surface area contributed by atoms with E-state index in [2.05, 4.69) is 29.8 Å². The van der Waals surface area contributed by atoms with Crippen molar-refractivity contribution in [1.82, 2.24) is 16.0 Å². The molecule has 0 aliphatic heterocycles. The van der Waals surface area contributed by atoms with Crippen molar-refractivity contribution >= 4 is 17.0 Å². The Morgan fingerprint density at radius 1 is 1.14 bits per heavy atom. The van der Waals surface area contributed by atoms with E-state index >= 15 is 0 Å². The minimum Gasteiger partial charge on any atom is -0.379 e. The lowest BCUT2D eigenvalue weighted by molar-refractivity contribution is 0.0809. The Bertz CT molecular complexity index is 274. The van der Waals surface area contributed by atoms with Gasteiger partial charge in [0, 0.05) is 25.7 Å². The fourth-order valence-corrected chi connectivity index (χ4v) is 1.70. The SMILES string of the molecule is CSC(=O)NCC(F)COCCNCCOCCNC(C)C. The minimum absolute atomic E-state index is 0.00624. The highest BCUT2D eigenvalue weighted by molar-refractivity contribution is 8.12. The maximum atomic E-state index is 13.3. The van der Waals surface area contributed by atoms with Crippen LogP contribution in [0.1, 0.15) is 13.8 Å². The highest BCUT2D eigenvalue weighted by atomic mass is 32.2. The van der Waals surface area contributed by atoms with Crippen LogP contribution < -0.4 is 16.0 Å². The van der Waals surface area contributed by atoms with Crippen molar-refractivity contribution in [2.75, 3.05) is 58.9 Å². The maximum absolute atomic E-state index is 13.3. The maximum Gasteiger partial charge on any atom is 0.278 e. The van der Waals surface area contributed by atoms with Crippen LogP contribution in [0.3, 0.4) is 0 Å². The van der Waals surface area contributed by atoms with Gasteiger partial charge >= 0.3 is 0 Å². The summed E-state index contributed by atoms with van der Waals surface area (Å²) < 4.78 is 23.9. The second-order valence-corrected chi connectivity index (χ2v) is 5.79. The summed E-state index contributed by atoms with van der Waals surface area (Å²) >= 11 is 1.03. The van der Waals surface area contributed by atoms with E-state index in [-0.39, 0.29) is 18.4 Å². The van der Waals surface area contributed by atoms with Crippen molar-refractivity contribution in [3.63, 3.8) is 0 Å². The van der Waals surface area contributed by atoms with Crippen LogP contribution in [0.2, 0.25) is 0 Å². The number of thioether (sulfide) groups is 1. The molecule has 3 N–H and O–H groups in total. The molecule has 0 aromatic heterocycles. The van der Waals surface area contributed by atoms with Crippen LogP contribution in [-0.4, -0.2) is 76.3 Å². The molecule has 0 fully saturated rings. The van der Waals surface area contributed by atoms with Gasteiger partial charge in [0.1, 0.15) is 6.17 Å². The van der Waals surface area contributed by atoms with Gasteiger partial charge in [0.15, 0.2) is 0 Å². The van der Waals surface area contributed by atoms with E-state index in [0.29, 0.717) is 32.4 Å². The number of alkyl halides is 1. The summed E-state index contributed by atoms with van der Waals surface area (Å²) in [7, 11) is 0. The molecular weight excluding hydrogens is 309 g/mol. The zero-order valence-corrected chi connectivity index (χ0v) is 14.6. The Labute approximate surface area is 137 Å². The number of carbonyl (C=O) groups is 1. The van der Waals surface area contributed by atoms with Crippen molar-refractivity contribution in [2.24, 2.45) is 0 Å². The highest BCUT2D eigenvalue weighted by Gasteiger charge is 2.08. The smallest absolute Gasteiger partial charge is 0.278 e. The second kappa shape index (κ2) is 15.5. The van der Waals surface area contributed by atoms with E-state index in [9.17, 15) is 9.18 Å². The molecule has 0 saturated carbocycles. The number of carbonyl (C=O) groups excluding carboxylic acids is 1. The number of hydrogen-bond acceptors (Lipinski definition) is 6. The fourth-order valence-electron chi connectivity index (χ4n) is 1.47. The van der Waals surface area contributed by atoms with Crippen LogP contribution in [0.25, 0.3) is 0 Å². The van der Waals surface area contributed by atoms with Crippen molar-refractivity contribution in [3.05, 3.63) is 0 Å². The summed E-state index contributed by atoms with van der Waals surface area (Å²) in [5, 5.41) is 8.65. The van der Waals surface area contributed by atoms with Gasteiger partial charge in [-0.2, -0.15) is 0 Å². The first-order valence-corrected chi connectivity index (χ1v) is 8.84. The first-order valence-electron chi connectivity index (χ1n) is 7.61. The second-order valence-electron chi connectivity index (χ2n) is 5.02. The summed E-state index contributed by atoms with van der Waals surface area (Å²) in [5.74, 6) is 0. The highest BCUT2D eigenvalue weighted by Crippen LogP contribution is 1.95. The number of ether oxygens (including phenoxy) is 2. The predicted molar refractivity (Wildman–Crippen MR) is 89.5 cm³/mol. The van der Waals surface area contributed by atoms with E-state index in [1.165, 1.54) is 0 Å². The molecular formula is C14H30FN3O3S. The van der Waals surface area contributed by atoms with E-state index in [0.717, 1.165) is 24.9 Å². The molecule has 132 valence electrons. The zero-order valence-electron chi connectivity index (χ0n) is 13.8. The molecule has 0 heterocycles. The van der Waals surface area contributed by atoms with Gasteiger partial charge in [-0.15, -0.1) is 0 Å². The van der Waals surface area contributed by atoms with Gasteiger partial charge in [-0.1, -0.05) is 25.6 Å². The van der Waals surface area contributed by atoms with Gasteiger partial charge in [-0.05, 0) is 6.26 Å². The number of halogens is 1. The molecule has 0 bridgehead atoms. The lowest BCUT2D eigenvalue weighted by atomic mass is 10.4. The van der Waals surface area contributed by atoms with Crippen LogP contribution in [-0.2, 0) is 9.47 Å². The van der Waals surface area contributed by atoms with Gasteiger partial charge in [0.25, 0.3) is 5.24 Å².